The summed E-state index contributed by atoms with van der Waals surface area (Å²) in [6.45, 7) is 4.25. The highest BCUT2D eigenvalue weighted by Gasteiger charge is 2.27. The fourth-order valence-electron chi connectivity index (χ4n) is 3.15. The number of carbonyl (C=O) groups excluding carboxylic acids is 1. The minimum Gasteiger partial charge on any atom is -0.375 e. The number of aromatic amines is 1. The zero-order valence-corrected chi connectivity index (χ0v) is 22.1. The second-order valence-corrected chi connectivity index (χ2v) is 9.54. The first-order valence-corrected chi connectivity index (χ1v) is 12.9. The highest BCUT2D eigenvalue weighted by molar-refractivity contribution is 7.92. The van der Waals surface area contributed by atoms with Gasteiger partial charge < -0.3 is 15.5 Å². The number of hydrogen-bond donors (Lipinski definition) is 4. The number of nitrogens with zero attached hydrogens (tertiary/aromatic N) is 4. The van der Waals surface area contributed by atoms with Crippen LogP contribution in [0.15, 0.2) is 39.9 Å². The van der Waals surface area contributed by atoms with Crippen molar-refractivity contribution in [2.24, 2.45) is 14.1 Å². The average molecular weight is 521 g/mol. The molecule has 1 amide bonds. The first-order valence-electron chi connectivity index (χ1n) is 11.0. The lowest BCUT2D eigenvalue weighted by atomic mass is 10.2. The molecule has 196 valence electrons. The van der Waals surface area contributed by atoms with Gasteiger partial charge in [0.25, 0.3) is 17.0 Å². The second kappa shape index (κ2) is 11.6. The van der Waals surface area contributed by atoms with Gasteiger partial charge in [-0.25, -0.2) is 13.1 Å². The lowest BCUT2D eigenvalue weighted by Gasteiger charge is -2.15. The number of H-pyrrole nitrogens is 1. The van der Waals surface area contributed by atoms with Crippen LogP contribution in [0.4, 0.5) is 22.9 Å². The zero-order valence-electron chi connectivity index (χ0n) is 21.3. The molecule has 0 radical (unpaired) electrons. The van der Waals surface area contributed by atoms with Crippen LogP contribution in [-0.2, 0) is 30.7 Å². The van der Waals surface area contributed by atoms with E-state index in [1.165, 1.54) is 37.8 Å². The van der Waals surface area contributed by atoms with Crippen LogP contribution in [0.2, 0.25) is 0 Å². The van der Waals surface area contributed by atoms with Crippen molar-refractivity contribution in [3.8, 4) is 0 Å². The number of rotatable bonds is 8. The number of amides is 1. The van der Waals surface area contributed by atoms with Crippen LogP contribution >= 0.6 is 0 Å². The largest absolute Gasteiger partial charge is 0.375 e. The minimum atomic E-state index is -3.82. The molecule has 3 rings (SSSR count). The number of hydrogen-bond acceptors (Lipinski definition) is 8. The lowest BCUT2D eigenvalue weighted by Crippen LogP contribution is -2.32. The molecule has 0 fully saturated rings. The Balaban J connectivity index is 0.00000222. The van der Waals surface area contributed by atoms with E-state index in [2.05, 4.69) is 25.6 Å². The third kappa shape index (κ3) is 6.53. The van der Waals surface area contributed by atoms with E-state index in [-0.39, 0.29) is 35.1 Å². The van der Waals surface area contributed by atoms with Gasteiger partial charge in [0, 0.05) is 34.7 Å². The van der Waals surface area contributed by atoms with Gasteiger partial charge in [-0.15, -0.1) is 0 Å². The molecule has 36 heavy (non-hydrogen) atoms. The normalized spacial score (nSPS) is 10.8. The van der Waals surface area contributed by atoms with Gasteiger partial charge in [-0.1, -0.05) is 44.2 Å². The molecule has 0 aliphatic carbocycles. The highest BCUT2D eigenvalue weighted by Crippen LogP contribution is 2.31. The Bertz CT molecular complexity index is 1440. The molecule has 0 aliphatic rings. The van der Waals surface area contributed by atoms with Crippen molar-refractivity contribution in [2.75, 3.05) is 35.7 Å². The standard InChI is InChI=1S/C20H26N8O5S.C2H6/c1-26(2)19(30)16-13(25-34(5,32)33)17(27(3)23-16)22-14-15(20(31)28(4)24-18(14)29)21-11-12-9-7-6-8-10-12;1-2/h6-10,21-22,25H,11H2,1-5H3,(H,24,29);1-2H3. The van der Waals surface area contributed by atoms with Crippen LogP contribution in [0, 0.1) is 0 Å². The molecule has 4 N–H and O–H groups in total. The van der Waals surface area contributed by atoms with Crippen molar-refractivity contribution in [3.63, 3.8) is 0 Å². The van der Waals surface area contributed by atoms with Crippen LogP contribution in [-0.4, -0.2) is 59.1 Å². The fourth-order valence-corrected chi connectivity index (χ4v) is 3.71. The topological polar surface area (TPSA) is 163 Å². The molecule has 3 aromatic rings. The molecular formula is C22H32N8O5S. The Morgan fingerprint density at radius 1 is 1.06 bits per heavy atom. The van der Waals surface area contributed by atoms with Crippen LogP contribution < -0.4 is 26.5 Å². The SMILES string of the molecule is CC.CN(C)C(=O)c1nn(C)c(Nc2c(NCc3ccccc3)c(=O)n(C)[nH]c2=O)c1NS(C)(=O)=O. The number of anilines is 4. The average Bonchev–Trinajstić information content (AvgIpc) is 3.11. The molecule has 0 aliphatic heterocycles. The summed E-state index contributed by atoms with van der Waals surface area (Å²) in [7, 11) is 2.03. The van der Waals surface area contributed by atoms with E-state index in [1.54, 1.807) is 0 Å². The van der Waals surface area contributed by atoms with E-state index in [0.717, 1.165) is 16.5 Å². The third-order valence-electron chi connectivity index (χ3n) is 4.76. The monoisotopic (exact) mass is 520 g/mol. The highest BCUT2D eigenvalue weighted by atomic mass is 32.2. The number of aromatic nitrogens is 4. The Hall–Kier alpha value is -4.07. The van der Waals surface area contributed by atoms with Gasteiger partial charge in [0.2, 0.25) is 10.0 Å². The predicted octanol–water partition coefficient (Wildman–Crippen LogP) is 1.26. The molecule has 0 saturated carbocycles. The van der Waals surface area contributed by atoms with Gasteiger partial charge in [0.1, 0.15) is 17.1 Å². The molecule has 14 heteroatoms. The molecule has 1 aromatic carbocycles. The predicted molar refractivity (Wildman–Crippen MR) is 140 cm³/mol. The molecule has 0 spiro atoms. The summed E-state index contributed by atoms with van der Waals surface area (Å²) >= 11 is 0. The first kappa shape index (κ1) is 28.2. The third-order valence-corrected chi connectivity index (χ3v) is 5.34. The van der Waals surface area contributed by atoms with Crippen LogP contribution in [0.5, 0.6) is 0 Å². The molecule has 0 saturated heterocycles. The molecule has 0 atom stereocenters. The van der Waals surface area contributed by atoms with Crippen LogP contribution in [0.25, 0.3) is 0 Å². The van der Waals surface area contributed by atoms with Gasteiger partial charge in [0.15, 0.2) is 11.5 Å². The van der Waals surface area contributed by atoms with Crippen molar-refractivity contribution in [3.05, 3.63) is 62.3 Å². The van der Waals surface area contributed by atoms with Gasteiger partial charge in [0.05, 0.1) is 6.26 Å². The Morgan fingerprint density at radius 2 is 1.67 bits per heavy atom. The summed E-state index contributed by atoms with van der Waals surface area (Å²) in [4.78, 5) is 39.5. The van der Waals surface area contributed by atoms with Crippen molar-refractivity contribution in [1.29, 1.82) is 0 Å². The van der Waals surface area contributed by atoms with Gasteiger partial charge in [-0.05, 0) is 5.56 Å². The lowest BCUT2D eigenvalue weighted by molar-refractivity contribution is 0.0822. The molecule has 2 aromatic heterocycles. The molecule has 0 unspecified atom stereocenters. The van der Waals surface area contributed by atoms with E-state index in [1.807, 2.05) is 44.2 Å². The fraction of sp³-hybridized carbons (Fsp3) is 0.364. The maximum Gasteiger partial charge on any atom is 0.290 e. The minimum absolute atomic E-state index is 0.00265. The van der Waals surface area contributed by atoms with Crippen molar-refractivity contribution in [2.45, 2.75) is 20.4 Å². The number of benzene rings is 1. The summed E-state index contributed by atoms with van der Waals surface area (Å²) in [6.07, 6.45) is 0.922. The summed E-state index contributed by atoms with van der Waals surface area (Å²) in [5.74, 6) is -0.563. The van der Waals surface area contributed by atoms with Gasteiger partial charge >= 0.3 is 0 Å². The van der Waals surface area contributed by atoms with Crippen LogP contribution in [0.3, 0.4) is 0 Å². The van der Waals surface area contributed by atoms with E-state index >= 15 is 0 Å². The summed E-state index contributed by atoms with van der Waals surface area (Å²) < 4.78 is 28.6. The number of carbonyl (C=O) groups is 1. The Morgan fingerprint density at radius 3 is 2.22 bits per heavy atom. The molecular weight excluding hydrogens is 488 g/mol. The van der Waals surface area contributed by atoms with Crippen molar-refractivity contribution >= 4 is 38.8 Å². The van der Waals surface area contributed by atoms with Gasteiger partial charge in [-0.3, -0.25) is 28.9 Å². The van der Waals surface area contributed by atoms with E-state index in [4.69, 9.17) is 0 Å². The quantitative estimate of drug-likeness (QED) is 0.345. The molecule has 0 bridgehead atoms. The number of nitrogens with one attached hydrogen (secondary N) is 4. The Kier molecular flexibility index (Phi) is 9.06. The number of aryl methyl sites for hydroxylation is 2. The molecule has 2 heterocycles. The first-order chi connectivity index (χ1) is 16.9. The van der Waals surface area contributed by atoms with Crippen molar-refractivity contribution in [1.82, 2.24) is 24.5 Å². The van der Waals surface area contributed by atoms with Crippen LogP contribution in [0.1, 0.15) is 29.9 Å². The summed E-state index contributed by atoms with van der Waals surface area (Å²) in [5, 5.41) is 12.3. The number of sulfonamides is 1. The maximum absolute atomic E-state index is 12.9. The smallest absolute Gasteiger partial charge is 0.290 e. The van der Waals surface area contributed by atoms with E-state index in [9.17, 15) is 22.8 Å². The molecule has 13 nitrogen and oxygen atoms in total. The summed E-state index contributed by atoms with van der Waals surface area (Å²) in [6, 6.07) is 9.24. The van der Waals surface area contributed by atoms with E-state index < -0.39 is 27.0 Å². The maximum atomic E-state index is 12.9. The second-order valence-electron chi connectivity index (χ2n) is 7.79. The zero-order chi connectivity index (χ0) is 27.2. The Labute approximate surface area is 209 Å². The summed E-state index contributed by atoms with van der Waals surface area (Å²) in [5.41, 5.74) is -0.844. The van der Waals surface area contributed by atoms with Gasteiger partial charge in [-0.2, -0.15) is 5.10 Å². The van der Waals surface area contributed by atoms with Crippen molar-refractivity contribution < 1.29 is 13.2 Å². The van der Waals surface area contributed by atoms with E-state index in [0.29, 0.717) is 0 Å².